The average Bonchev–Trinajstić information content (AvgIpc) is 2.64. The molecule has 2 rings (SSSR count). The van der Waals surface area contributed by atoms with E-state index in [9.17, 15) is 9.59 Å². The largest absolute Gasteiger partial charge is 0.478 e. The van der Waals surface area contributed by atoms with Crippen molar-refractivity contribution in [3.8, 4) is 5.69 Å². The molecule has 0 amide bonds. The Morgan fingerprint density at radius 1 is 1.50 bits per heavy atom. The Labute approximate surface area is 97.7 Å². The van der Waals surface area contributed by atoms with Crippen molar-refractivity contribution in [2.75, 3.05) is 0 Å². The Balaban J connectivity index is 2.70. The SMILES string of the molecule is O=C(O)c1cc(Br)ccc1-n1cn[nH]c1=O. The molecule has 0 spiro atoms. The molecule has 0 unspecified atom stereocenters. The third kappa shape index (κ3) is 1.76. The van der Waals surface area contributed by atoms with Crippen LogP contribution in [-0.4, -0.2) is 25.8 Å². The number of aromatic carboxylic acids is 1. The lowest BCUT2D eigenvalue weighted by atomic mass is 10.2. The van der Waals surface area contributed by atoms with Crippen LogP contribution in [0.25, 0.3) is 5.69 Å². The number of aromatic nitrogens is 3. The first kappa shape index (κ1) is 10.6. The van der Waals surface area contributed by atoms with Crippen molar-refractivity contribution in [3.05, 3.63) is 45.0 Å². The fourth-order valence-corrected chi connectivity index (χ4v) is 1.67. The summed E-state index contributed by atoms with van der Waals surface area (Å²) in [5.41, 5.74) is -0.183. The number of nitrogens with zero attached hydrogens (tertiary/aromatic N) is 2. The maximum Gasteiger partial charge on any atom is 0.347 e. The molecule has 0 aliphatic carbocycles. The van der Waals surface area contributed by atoms with Gasteiger partial charge in [0, 0.05) is 4.47 Å². The fourth-order valence-electron chi connectivity index (χ4n) is 1.31. The van der Waals surface area contributed by atoms with E-state index in [1.165, 1.54) is 18.5 Å². The predicted octanol–water partition coefficient (Wildman–Crippen LogP) is 1.02. The molecule has 0 atom stereocenters. The summed E-state index contributed by atoms with van der Waals surface area (Å²) >= 11 is 3.17. The maximum atomic E-state index is 11.3. The molecule has 2 aromatic rings. The highest BCUT2D eigenvalue weighted by Crippen LogP contribution is 2.18. The fraction of sp³-hybridized carbons (Fsp3) is 0. The summed E-state index contributed by atoms with van der Waals surface area (Å²) in [7, 11) is 0. The van der Waals surface area contributed by atoms with Gasteiger partial charge in [-0.1, -0.05) is 15.9 Å². The normalized spacial score (nSPS) is 10.3. The van der Waals surface area contributed by atoms with E-state index in [4.69, 9.17) is 5.11 Å². The highest BCUT2D eigenvalue weighted by molar-refractivity contribution is 9.10. The number of carboxylic acid groups (broad SMARTS) is 1. The molecule has 0 aliphatic heterocycles. The van der Waals surface area contributed by atoms with Crippen molar-refractivity contribution in [2.45, 2.75) is 0 Å². The molecule has 0 saturated carbocycles. The molecule has 82 valence electrons. The van der Waals surface area contributed by atoms with Crippen LogP contribution in [0, 0.1) is 0 Å². The lowest BCUT2D eigenvalue weighted by Crippen LogP contribution is -2.17. The second kappa shape index (κ2) is 3.93. The lowest BCUT2D eigenvalue weighted by Gasteiger charge is -2.05. The van der Waals surface area contributed by atoms with Gasteiger partial charge in [0.05, 0.1) is 11.3 Å². The number of hydrogen-bond acceptors (Lipinski definition) is 3. The van der Waals surface area contributed by atoms with Crippen LogP contribution in [0.4, 0.5) is 0 Å². The molecule has 1 aromatic carbocycles. The molecule has 16 heavy (non-hydrogen) atoms. The van der Waals surface area contributed by atoms with Gasteiger partial charge in [0.25, 0.3) is 0 Å². The first-order valence-corrected chi connectivity index (χ1v) is 5.04. The Morgan fingerprint density at radius 3 is 2.81 bits per heavy atom. The van der Waals surface area contributed by atoms with E-state index in [1.807, 2.05) is 0 Å². The Kier molecular flexibility index (Phi) is 2.61. The molecular formula is C9H6BrN3O3. The van der Waals surface area contributed by atoms with E-state index in [2.05, 4.69) is 26.1 Å². The Bertz CT molecular complexity index is 602. The van der Waals surface area contributed by atoms with Gasteiger partial charge in [0.1, 0.15) is 6.33 Å². The smallest absolute Gasteiger partial charge is 0.347 e. The summed E-state index contributed by atoms with van der Waals surface area (Å²) in [4.78, 5) is 22.3. The van der Waals surface area contributed by atoms with Crippen LogP contribution in [0.2, 0.25) is 0 Å². The first-order valence-electron chi connectivity index (χ1n) is 4.25. The van der Waals surface area contributed by atoms with Crippen LogP contribution in [0.1, 0.15) is 10.4 Å². The van der Waals surface area contributed by atoms with Crippen LogP contribution in [0.15, 0.2) is 33.8 Å². The number of halogens is 1. The van der Waals surface area contributed by atoms with Crippen LogP contribution in [0.3, 0.4) is 0 Å². The highest BCUT2D eigenvalue weighted by Gasteiger charge is 2.13. The summed E-state index contributed by atoms with van der Waals surface area (Å²) in [6.07, 6.45) is 1.23. The van der Waals surface area contributed by atoms with Gasteiger partial charge in [-0.2, -0.15) is 5.10 Å². The van der Waals surface area contributed by atoms with E-state index in [0.29, 0.717) is 4.47 Å². The second-order valence-corrected chi connectivity index (χ2v) is 3.91. The molecule has 2 N–H and O–H groups in total. The number of hydrogen-bond donors (Lipinski definition) is 2. The number of H-pyrrole nitrogens is 1. The van der Waals surface area contributed by atoms with Gasteiger partial charge in [0.2, 0.25) is 0 Å². The molecule has 0 aliphatic rings. The quantitative estimate of drug-likeness (QED) is 0.861. The monoisotopic (exact) mass is 283 g/mol. The molecule has 0 bridgehead atoms. The topological polar surface area (TPSA) is 88.0 Å². The zero-order valence-electron chi connectivity index (χ0n) is 7.85. The number of benzene rings is 1. The van der Waals surface area contributed by atoms with E-state index in [1.54, 1.807) is 6.07 Å². The minimum absolute atomic E-state index is 0.0258. The summed E-state index contributed by atoms with van der Waals surface area (Å²) in [6, 6.07) is 4.61. The molecule has 0 radical (unpaired) electrons. The summed E-state index contributed by atoms with van der Waals surface area (Å²) in [5.74, 6) is -1.11. The molecule has 6 nitrogen and oxygen atoms in total. The Hall–Kier alpha value is -1.89. The minimum Gasteiger partial charge on any atom is -0.478 e. The van der Waals surface area contributed by atoms with Gasteiger partial charge in [-0.05, 0) is 18.2 Å². The van der Waals surface area contributed by atoms with E-state index >= 15 is 0 Å². The van der Waals surface area contributed by atoms with Crippen molar-refractivity contribution < 1.29 is 9.90 Å². The van der Waals surface area contributed by atoms with Crippen molar-refractivity contribution in [1.82, 2.24) is 14.8 Å². The van der Waals surface area contributed by atoms with Crippen molar-refractivity contribution in [1.29, 1.82) is 0 Å². The lowest BCUT2D eigenvalue weighted by molar-refractivity contribution is 0.0697. The predicted molar refractivity (Wildman–Crippen MR) is 58.8 cm³/mol. The van der Waals surface area contributed by atoms with E-state index in [0.717, 1.165) is 4.57 Å². The number of aromatic amines is 1. The first-order chi connectivity index (χ1) is 7.59. The third-order valence-electron chi connectivity index (χ3n) is 2.00. The molecule has 1 aromatic heterocycles. The molecule has 1 heterocycles. The number of nitrogens with one attached hydrogen (secondary N) is 1. The van der Waals surface area contributed by atoms with Gasteiger partial charge in [-0.15, -0.1) is 0 Å². The number of carboxylic acids is 1. The van der Waals surface area contributed by atoms with Gasteiger partial charge in [-0.3, -0.25) is 0 Å². The van der Waals surface area contributed by atoms with Gasteiger partial charge < -0.3 is 5.11 Å². The molecule has 0 fully saturated rings. The number of carbonyl (C=O) groups is 1. The third-order valence-corrected chi connectivity index (χ3v) is 2.49. The zero-order valence-corrected chi connectivity index (χ0v) is 9.43. The van der Waals surface area contributed by atoms with Crippen LogP contribution >= 0.6 is 15.9 Å². The van der Waals surface area contributed by atoms with Crippen molar-refractivity contribution in [3.63, 3.8) is 0 Å². The van der Waals surface area contributed by atoms with Crippen LogP contribution in [0.5, 0.6) is 0 Å². The maximum absolute atomic E-state index is 11.3. The van der Waals surface area contributed by atoms with E-state index < -0.39 is 11.7 Å². The van der Waals surface area contributed by atoms with E-state index in [-0.39, 0.29) is 11.3 Å². The van der Waals surface area contributed by atoms with Crippen LogP contribution < -0.4 is 5.69 Å². The van der Waals surface area contributed by atoms with Crippen molar-refractivity contribution in [2.24, 2.45) is 0 Å². The summed E-state index contributed by atoms with van der Waals surface area (Å²) in [6.45, 7) is 0. The zero-order chi connectivity index (χ0) is 11.7. The van der Waals surface area contributed by atoms with Gasteiger partial charge >= 0.3 is 11.7 Å². The van der Waals surface area contributed by atoms with Crippen molar-refractivity contribution >= 4 is 21.9 Å². The average molecular weight is 284 g/mol. The highest BCUT2D eigenvalue weighted by atomic mass is 79.9. The summed E-state index contributed by atoms with van der Waals surface area (Å²) in [5, 5.41) is 14.8. The molecular weight excluding hydrogens is 278 g/mol. The van der Waals surface area contributed by atoms with Gasteiger partial charge in [0.15, 0.2) is 0 Å². The number of rotatable bonds is 2. The molecule has 7 heteroatoms. The second-order valence-electron chi connectivity index (χ2n) is 3.00. The minimum atomic E-state index is -1.11. The van der Waals surface area contributed by atoms with Gasteiger partial charge in [-0.25, -0.2) is 19.3 Å². The van der Waals surface area contributed by atoms with Crippen LogP contribution in [-0.2, 0) is 0 Å². The summed E-state index contributed by atoms with van der Waals surface area (Å²) < 4.78 is 1.76. The Morgan fingerprint density at radius 2 is 2.25 bits per heavy atom. The standard InChI is InChI=1S/C9H6BrN3O3/c10-5-1-2-7(6(3-5)8(14)15)13-4-11-12-9(13)16/h1-4H,(H,12,16)(H,14,15). The molecule has 0 saturated heterocycles.